The molecule has 22 heavy (non-hydrogen) atoms. The number of piperidine rings is 1. The van der Waals surface area contributed by atoms with Gasteiger partial charge in [-0.3, -0.25) is 14.4 Å². The van der Waals surface area contributed by atoms with Crippen LogP contribution in [0.25, 0.3) is 5.69 Å². The number of nitrogens with zero attached hydrogens (tertiary/aromatic N) is 3. The van der Waals surface area contributed by atoms with Crippen molar-refractivity contribution in [3.63, 3.8) is 0 Å². The van der Waals surface area contributed by atoms with E-state index in [9.17, 15) is 4.79 Å². The molecule has 0 radical (unpaired) electrons. The minimum absolute atomic E-state index is 0.115. The van der Waals surface area contributed by atoms with Gasteiger partial charge in [0.1, 0.15) is 0 Å². The summed E-state index contributed by atoms with van der Waals surface area (Å²) in [5.74, 6) is 0.731. The van der Waals surface area contributed by atoms with Gasteiger partial charge in [0, 0.05) is 25.8 Å². The van der Waals surface area contributed by atoms with Crippen LogP contribution in [0.15, 0.2) is 35.1 Å². The van der Waals surface area contributed by atoms with Gasteiger partial charge in [0.2, 0.25) is 0 Å². The summed E-state index contributed by atoms with van der Waals surface area (Å²) >= 11 is 0. The van der Waals surface area contributed by atoms with Crippen LogP contribution in [0.2, 0.25) is 0 Å². The first-order valence-electron chi connectivity index (χ1n) is 8.13. The van der Waals surface area contributed by atoms with Gasteiger partial charge in [-0.1, -0.05) is 25.1 Å². The zero-order valence-electron chi connectivity index (χ0n) is 13.7. The lowest BCUT2D eigenvalue weighted by Gasteiger charge is -2.30. The van der Waals surface area contributed by atoms with E-state index in [-0.39, 0.29) is 5.56 Å². The van der Waals surface area contributed by atoms with Gasteiger partial charge in [-0.15, -0.1) is 0 Å². The molecule has 1 saturated heterocycles. The summed E-state index contributed by atoms with van der Waals surface area (Å²) in [6, 6.07) is 9.87. The maximum absolute atomic E-state index is 12.9. The zero-order chi connectivity index (χ0) is 15.7. The molecular formula is C18H25N3O. The number of benzene rings is 1. The van der Waals surface area contributed by atoms with E-state index < -0.39 is 0 Å². The maximum atomic E-state index is 12.9. The standard InChI is InChI=1S/C18H25N3O/c1-14-8-7-11-20(12-14)13-17-15(2)19(3)21(18(17)22)16-9-5-4-6-10-16/h4-6,9-10,14H,7-8,11-13H2,1-3H3. The Morgan fingerprint density at radius 1 is 1.23 bits per heavy atom. The average molecular weight is 299 g/mol. The Bertz CT molecular complexity index is 699. The average Bonchev–Trinajstić information content (AvgIpc) is 2.72. The van der Waals surface area contributed by atoms with Crippen molar-refractivity contribution in [2.24, 2.45) is 13.0 Å². The Morgan fingerprint density at radius 2 is 1.95 bits per heavy atom. The third-order valence-electron chi connectivity index (χ3n) is 4.80. The van der Waals surface area contributed by atoms with E-state index in [2.05, 4.69) is 11.8 Å². The van der Waals surface area contributed by atoms with Gasteiger partial charge in [-0.2, -0.15) is 0 Å². The van der Waals surface area contributed by atoms with E-state index in [1.807, 2.05) is 49.0 Å². The van der Waals surface area contributed by atoms with Crippen LogP contribution in [0, 0.1) is 12.8 Å². The maximum Gasteiger partial charge on any atom is 0.276 e. The molecule has 1 aromatic carbocycles. The van der Waals surface area contributed by atoms with Crippen molar-refractivity contribution in [1.82, 2.24) is 14.3 Å². The van der Waals surface area contributed by atoms with Crippen LogP contribution in [0.4, 0.5) is 0 Å². The largest absolute Gasteiger partial charge is 0.299 e. The quantitative estimate of drug-likeness (QED) is 0.872. The van der Waals surface area contributed by atoms with Crippen molar-refractivity contribution >= 4 is 0 Å². The number of likely N-dealkylation sites (tertiary alicyclic amines) is 1. The fourth-order valence-electron chi connectivity index (χ4n) is 3.46. The lowest BCUT2D eigenvalue weighted by molar-refractivity contribution is 0.176. The second-order valence-electron chi connectivity index (χ2n) is 6.52. The van der Waals surface area contributed by atoms with E-state index in [0.29, 0.717) is 0 Å². The molecule has 118 valence electrons. The van der Waals surface area contributed by atoms with Crippen LogP contribution in [0.5, 0.6) is 0 Å². The van der Waals surface area contributed by atoms with Crippen molar-refractivity contribution in [1.29, 1.82) is 0 Å². The number of aromatic nitrogens is 2. The molecule has 0 saturated carbocycles. The number of para-hydroxylation sites is 1. The topological polar surface area (TPSA) is 30.2 Å². The molecule has 1 fully saturated rings. The van der Waals surface area contributed by atoms with Gasteiger partial charge in [-0.25, -0.2) is 4.68 Å². The Hall–Kier alpha value is -1.81. The third kappa shape index (κ3) is 2.75. The summed E-state index contributed by atoms with van der Waals surface area (Å²) in [6.45, 7) is 7.31. The van der Waals surface area contributed by atoms with Crippen LogP contribution < -0.4 is 5.56 Å². The van der Waals surface area contributed by atoms with Crippen molar-refractivity contribution < 1.29 is 0 Å². The van der Waals surface area contributed by atoms with Crippen molar-refractivity contribution in [3.05, 3.63) is 51.9 Å². The minimum Gasteiger partial charge on any atom is -0.299 e. The molecule has 0 spiro atoms. The molecule has 0 amide bonds. The van der Waals surface area contributed by atoms with E-state index in [1.165, 1.54) is 12.8 Å². The minimum atomic E-state index is 0.115. The van der Waals surface area contributed by atoms with Crippen molar-refractivity contribution in [2.45, 2.75) is 33.2 Å². The molecule has 4 heteroatoms. The lowest BCUT2D eigenvalue weighted by Crippen LogP contribution is -2.35. The Balaban J connectivity index is 1.94. The number of hydrogen-bond donors (Lipinski definition) is 0. The van der Waals surface area contributed by atoms with E-state index in [1.54, 1.807) is 4.68 Å². The van der Waals surface area contributed by atoms with Crippen LogP contribution in [0.1, 0.15) is 31.0 Å². The van der Waals surface area contributed by atoms with Crippen molar-refractivity contribution in [2.75, 3.05) is 13.1 Å². The first-order valence-corrected chi connectivity index (χ1v) is 8.13. The fourth-order valence-corrected chi connectivity index (χ4v) is 3.46. The first-order chi connectivity index (χ1) is 10.6. The second kappa shape index (κ2) is 6.13. The molecule has 1 unspecified atom stereocenters. The summed E-state index contributed by atoms with van der Waals surface area (Å²) in [5, 5.41) is 0. The Morgan fingerprint density at radius 3 is 2.64 bits per heavy atom. The van der Waals surface area contributed by atoms with Crippen LogP contribution >= 0.6 is 0 Å². The van der Waals surface area contributed by atoms with Gasteiger partial charge >= 0.3 is 0 Å². The van der Waals surface area contributed by atoms with Gasteiger partial charge in [-0.05, 0) is 44.4 Å². The molecule has 0 N–H and O–H groups in total. The zero-order valence-corrected chi connectivity index (χ0v) is 13.7. The third-order valence-corrected chi connectivity index (χ3v) is 4.80. The molecule has 2 heterocycles. The highest BCUT2D eigenvalue weighted by atomic mass is 16.1. The van der Waals surface area contributed by atoms with Gasteiger partial charge in [0.05, 0.1) is 11.3 Å². The predicted octanol–water partition coefficient (Wildman–Crippen LogP) is 2.72. The summed E-state index contributed by atoms with van der Waals surface area (Å²) in [4.78, 5) is 15.3. The summed E-state index contributed by atoms with van der Waals surface area (Å²) in [6.07, 6.45) is 2.54. The summed E-state index contributed by atoms with van der Waals surface area (Å²) in [7, 11) is 1.96. The van der Waals surface area contributed by atoms with Crippen LogP contribution in [-0.4, -0.2) is 27.4 Å². The molecule has 0 bridgehead atoms. The Kier molecular flexibility index (Phi) is 4.21. The summed E-state index contributed by atoms with van der Waals surface area (Å²) in [5.41, 5.74) is 3.04. The van der Waals surface area contributed by atoms with E-state index >= 15 is 0 Å². The molecule has 2 aromatic rings. The molecule has 1 atom stereocenters. The summed E-state index contributed by atoms with van der Waals surface area (Å²) < 4.78 is 3.75. The molecule has 1 aliphatic rings. The second-order valence-corrected chi connectivity index (χ2v) is 6.52. The van der Waals surface area contributed by atoms with Gasteiger partial charge < -0.3 is 0 Å². The highest BCUT2D eigenvalue weighted by molar-refractivity contribution is 5.33. The highest BCUT2D eigenvalue weighted by Gasteiger charge is 2.21. The molecule has 4 nitrogen and oxygen atoms in total. The molecule has 3 rings (SSSR count). The number of rotatable bonds is 3. The smallest absolute Gasteiger partial charge is 0.276 e. The van der Waals surface area contributed by atoms with Gasteiger partial charge in [0.15, 0.2) is 0 Å². The first kappa shape index (κ1) is 15.1. The Labute approximate surface area is 132 Å². The van der Waals surface area contributed by atoms with Crippen LogP contribution in [-0.2, 0) is 13.6 Å². The SMILES string of the molecule is Cc1c(CN2CCCC(C)C2)c(=O)n(-c2ccccc2)n1C. The predicted molar refractivity (Wildman–Crippen MR) is 89.4 cm³/mol. The molecule has 0 aliphatic carbocycles. The fraction of sp³-hybridized carbons (Fsp3) is 0.500. The monoisotopic (exact) mass is 299 g/mol. The molecule has 1 aliphatic heterocycles. The van der Waals surface area contributed by atoms with Crippen LogP contribution in [0.3, 0.4) is 0 Å². The molecule has 1 aromatic heterocycles. The lowest BCUT2D eigenvalue weighted by atomic mass is 10.00. The van der Waals surface area contributed by atoms with E-state index in [0.717, 1.165) is 42.5 Å². The van der Waals surface area contributed by atoms with E-state index in [4.69, 9.17) is 0 Å². The van der Waals surface area contributed by atoms with Gasteiger partial charge in [0.25, 0.3) is 5.56 Å². The molecular weight excluding hydrogens is 274 g/mol. The van der Waals surface area contributed by atoms with Crippen molar-refractivity contribution in [3.8, 4) is 5.69 Å². The number of hydrogen-bond acceptors (Lipinski definition) is 2. The normalized spacial score (nSPS) is 19.5. The highest BCUT2D eigenvalue weighted by Crippen LogP contribution is 2.18.